The van der Waals surface area contributed by atoms with Crippen LogP contribution in [-0.2, 0) is 13.0 Å². The Bertz CT molecular complexity index is 595. The van der Waals surface area contributed by atoms with E-state index in [1.807, 2.05) is 30.3 Å². The first-order chi connectivity index (χ1) is 8.78. The van der Waals surface area contributed by atoms with Gasteiger partial charge < -0.3 is 10.5 Å². The van der Waals surface area contributed by atoms with E-state index in [4.69, 9.17) is 22.1 Å². The zero-order valence-corrected chi connectivity index (χ0v) is 10.7. The Hall–Kier alpha value is -1.51. The average Bonchev–Trinajstić information content (AvgIpc) is 2.85. The molecule has 0 aromatic heterocycles. The van der Waals surface area contributed by atoms with Crippen LogP contribution in [-0.4, -0.2) is 6.61 Å². The van der Waals surface area contributed by atoms with Gasteiger partial charge >= 0.3 is 0 Å². The maximum Gasteiger partial charge on any atom is 0.122 e. The quantitative estimate of drug-likeness (QED) is 0.897. The van der Waals surface area contributed by atoms with Gasteiger partial charge in [0.15, 0.2) is 0 Å². The van der Waals surface area contributed by atoms with Crippen molar-refractivity contribution in [1.29, 1.82) is 0 Å². The van der Waals surface area contributed by atoms with E-state index in [0.29, 0.717) is 6.54 Å². The van der Waals surface area contributed by atoms with Gasteiger partial charge in [0, 0.05) is 23.6 Å². The maximum atomic E-state index is 6.31. The summed E-state index contributed by atoms with van der Waals surface area (Å²) >= 11 is 6.31. The third-order valence-corrected chi connectivity index (χ3v) is 3.58. The van der Waals surface area contributed by atoms with Gasteiger partial charge in [-0.05, 0) is 34.9 Å². The molecule has 0 saturated carbocycles. The van der Waals surface area contributed by atoms with E-state index in [1.165, 1.54) is 5.56 Å². The van der Waals surface area contributed by atoms with E-state index in [0.717, 1.165) is 40.5 Å². The van der Waals surface area contributed by atoms with Crippen molar-refractivity contribution in [2.24, 2.45) is 5.73 Å². The predicted octanol–water partition coefficient (Wildman–Crippen LogP) is 3.40. The topological polar surface area (TPSA) is 35.2 Å². The summed E-state index contributed by atoms with van der Waals surface area (Å²) in [6.45, 7) is 1.29. The molecule has 18 heavy (non-hydrogen) atoms. The zero-order chi connectivity index (χ0) is 12.5. The maximum absolute atomic E-state index is 6.31. The molecule has 2 N–H and O–H groups in total. The Morgan fingerprint density at radius 2 is 2.06 bits per heavy atom. The highest BCUT2D eigenvalue weighted by Crippen LogP contribution is 2.34. The number of halogens is 1. The van der Waals surface area contributed by atoms with Crippen LogP contribution in [0, 0.1) is 0 Å². The number of ether oxygens (including phenoxy) is 1. The van der Waals surface area contributed by atoms with Gasteiger partial charge in [0.1, 0.15) is 5.75 Å². The van der Waals surface area contributed by atoms with Gasteiger partial charge in [0.05, 0.1) is 6.61 Å². The molecule has 2 aromatic rings. The summed E-state index contributed by atoms with van der Waals surface area (Å²) in [5.41, 5.74) is 10.1. The van der Waals surface area contributed by atoms with Crippen molar-refractivity contribution in [1.82, 2.24) is 0 Å². The number of fused-ring (bicyclic) bond motifs is 1. The Morgan fingerprint density at radius 1 is 1.17 bits per heavy atom. The molecule has 0 unspecified atom stereocenters. The molecule has 1 aliphatic heterocycles. The third-order valence-electron chi connectivity index (χ3n) is 3.27. The summed E-state index contributed by atoms with van der Waals surface area (Å²) in [5, 5.41) is 0.747. The summed E-state index contributed by atoms with van der Waals surface area (Å²) in [7, 11) is 0. The van der Waals surface area contributed by atoms with E-state index < -0.39 is 0 Å². The molecule has 1 heterocycles. The van der Waals surface area contributed by atoms with E-state index in [-0.39, 0.29) is 0 Å². The molecule has 0 atom stereocenters. The fourth-order valence-corrected chi connectivity index (χ4v) is 2.59. The molecule has 3 heteroatoms. The van der Waals surface area contributed by atoms with E-state index in [1.54, 1.807) is 0 Å². The summed E-state index contributed by atoms with van der Waals surface area (Å²) in [6.07, 6.45) is 0.974. The fraction of sp³-hybridized carbons (Fsp3) is 0.200. The summed E-state index contributed by atoms with van der Waals surface area (Å²) in [6, 6.07) is 12.2. The molecule has 3 rings (SSSR count). The van der Waals surface area contributed by atoms with Gasteiger partial charge in [-0.3, -0.25) is 0 Å². The van der Waals surface area contributed by atoms with E-state index in [2.05, 4.69) is 6.07 Å². The SMILES string of the molecule is NCc1ccc(-c2ccc3c(c2)CCO3)c(Cl)c1. The Balaban J connectivity index is 2.04. The Kier molecular flexibility index (Phi) is 2.98. The molecule has 0 bridgehead atoms. The van der Waals surface area contributed by atoms with Crippen molar-refractivity contribution < 1.29 is 4.74 Å². The van der Waals surface area contributed by atoms with Gasteiger partial charge in [-0.15, -0.1) is 0 Å². The molecular weight excluding hydrogens is 246 g/mol. The Labute approximate surface area is 111 Å². The molecule has 0 spiro atoms. The van der Waals surface area contributed by atoms with Gasteiger partial charge in [0.2, 0.25) is 0 Å². The van der Waals surface area contributed by atoms with E-state index >= 15 is 0 Å². The molecule has 1 aliphatic rings. The van der Waals surface area contributed by atoms with Crippen LogP contribution in [0.3, 0.4) is 0 Å². The van der Waals surface area contributed by atoms with Crippen molar-refractivity contribution in [3.8, 4) is 16.9 Å². The second-order valence-corrected chi connectivity index (χ2v) is 4.85. The highest BCUT2D eigenvalue weighted by molar-refractivity contribution is 6.33. The van der Waals surface area contributed by atoms with Crippen LogP contribution in [0.1, 0.15) is 11.1 Å². The van der Waals surface area contributed by atoms with Crippen LogP contribution >= 0.6 is 11.6 Å². The van der Waals surface area contributed by atoms with Crippen LogP contribution < -0.4 is 10.5 Å². The molecule has 0 fully saturated rings. The van der Waals surface area contributed by atoms with Crippen LogP contribution in [0.25, 0.3) is 11.1 Å². The summed E-state index contributed by atoms with van der Waals surface area (Å²) in [5.74, 6) is 0.994. The highest BCUT2D eigenvalue weighted by Gasteiger charge is 2.13. The lowest BCUT2D eigenvalue weighted by atomic mass is 10.0. The molecule has 0 amide bonds. The zero-order valence-electron chi connectivity index (χ0n) is 9.95. The second-order valence-electron chi connectivity index (χ2n) is 4.44. The van der Waals surface area contributed by atoms with Crippen molar-refractivity contribution in [3.63, 3.8) is 0 Å². The van der Waals surface area contributed by atoms with Crippen molar-refractivity contribution in [3.05, 3.63) is 52.5 Å². The minimum absolute atomic E-state index is 0.512. The number of hydrogen-bond donors (Lipinski definition) is 1. The largest absolute Gasteiger partial charge is 0.493 e. The molecular formula is C15H14ClNO. The smallest absolute Gasteiger partial charge is 0.122 e. The van der Waals surface area contributed by atoms with Crippen LogP contribution in [0.2, 0.25) is 5.02 Å². The molecule has 2 aromatic carbocycles. The van der Waals surface area contributed by atoms with Crippen molar-refractivity contribution in [2.75, 3.05) is 6.61 Å². The molecule has 2 nitrogen and oxygen atoms in total. The predicted molar refractivity (Wildman–Crippen MR) is 74.0 cm³/mol. The van der Waals surface area contributed by atoms with Gasteiger partial charge in [-0.1, -0.05) is 29.8 Å². The first kappa shape index (κ1) is 11.6. The molecule has 0 saturated heterocycles. The fourth-order valence-electron chi connectivity index (χ4n) is 2.27. The van der Waals surface area contributed by atoms with Crippen LogP contribution in [0.15, 0.2) is 36.4 Å². The second kappa shape index (κ2) is 4.63. The average molecular weight is 260 g/mol. The molecule has 0 aliphatic carbocycles. The number of hydrogen-bond acceptors (Lipinski definition) is 2. The lowest BCUT2D eigenvalue weighted by molar-refractivity contribution is 0.357. The minimum atomic E-state index is 0.512. The van der Waals surface area contributed by atoms with Gasteiger partial charge in [-0.25, -0.2) is 0 Å². The normalized spacial score (nSPS) is 13.2. The third kappa shape index (κ3) is 1.98. The molecule has 0 radical (unpaired) electrons. The monoisotopic (exact) mass is 259 g/mol. The first-order valence-electron chi connectivity index (χ1n) is 6.02. The minimum Gasteiger partial charge on any atom is -0.493 e. The summed E-state index contributed by atoms with van der Waals surface area (Å²) in [4.78, 5) is 0. The molecule has 92 valence electrons. The number of benzene rings is 2. The van der Waals surface area contributed by atoms with Crippen molar-refractivity contribution in [2.45, 2.75) is 13.0 Å². The summed E-state index contributed by atoms with van der Waals surface area (Å²) < 4.78 is 5.51. The standard InChI is InChI=1S/C15H14ClNO/c16-14-7-10(9-17)1-3-13(14)11-2-4-15-12(8-11)5-6-18-15/h1-4,7-8H,5-6,9,17H2. The van der Waals surface area contributed by atoms with Crippen LogP contribution in [0.5, 0.6) is 5.75 Å². The lowest BCUT2D eigenvalue weighted by Crippen LogP contribution is -1.96. The first-order valence-corrected chi connectivity index (χ1v) is 6.40. The van der Waals surface area contributed by atoms with Gasteiger partial charge in [-0.2, -0.15) is 0 Å². The number of rotatable bonds is 2. The van der Waals surface area contributed by atoms with Crippen molar-refractivity contribution >= 4 is 11.6 Å². The van der Waals surface area contributed by atoms with Gasteiger partial charge in [0.25, 0.3) is 0 Å². The Morgan fingerprint density at radius 3 is 2.83 bits per heavy atom. The van der Waals surface area contributed by atoms with Crippen LogP contribution in [0.4, 0.5) is 0 Å². The lowest BCUT2D eigenvalue weighted by Gasteiger charge is -2.08. The number of nitrogens with two attached hydrogens (primary N) is 1. The highest BCUT2D eigenvalue weighted by atomic mass is 35.5. The van der Waals surface area contributed by atoms with E-state index in [9.17, 15) is 0 Å².